The number of hydrogen-bond donors (Lipinski definition) is 3. The lowest BCUT2D eigenvalue weighted by atomic mass is 10.1. The van der Waals surface area contributed by atoms with Crippen molar-refractivity contribution < 1.29 is 13.2 Å². The van der Waals surface area contributed by atoms with Gasteiger partial charge in [-0.1, -0.05) is 6.92 Å². The molecule has 0 aliphatic heterocycles. The molecule has 0 saturated heterocycles. The summed E-state index contributed by atoms with van der Waals surface area (Å²) in [5.74, 6) is -0.0113. The third-order valence-corrected chi connectivity index (χ3v) is 4.21. The van der Waals surface area contributed by atoms with Gasteiger partial charge in [-0.2, -0.15) is 0 Å². The van der Waals surface area contributed by atoms with Gasteiger partial charge in [0, 0.05) is 19.2 Å². The van der Waals surface area contributed by atoms with Crippen LogP contribution < -0.4 is 15.8 Å². The second-order valence-corrected chi connectivity index (χ2v) is 6.51. The minimum absolute atomic E-state index is 0.173. The van der Waals surface area contributed by atoms with Crippen molar-refractivity contribution >= 4 is 21.6 Å². The van der Waals surface area contributed by atoms with Gasteiger partial charge in [-0.05, 0) is 43.1 Å². The maximum Gasteiger partial charge on any atom is 0.240 e. The molecule has 0 heterocycles. The third-order valence-electron chi connectivity index (χ3n) is 2.77. The number of sulfonamides is 1. The van der Waals surface area contributed by atoms with Crippen molar-refractivity contribution in [1.29, 1.82) is 0 Å². The fourth-order valence-electron chi connectivity index (χ4n) is 1.64. The lowest BCUT2D eigenvalue weighted by Gasteiger charge is -2.12. The van der Waals surface area contributed by atoms with Crippen molar-refractivity contribution in [2.24, 2.45) is 11.7 Å². The van der Waals surface area contributed by atoms with Gasteiger partial charge in [-0.25, -0.2) is 13.1 Å². The van der Waals surface area contributed by atoms with E-state index in [4.69, 9.17) is 5.73 Å². The van der Waals surface area contributed by atoms with E-state index in [1.54, 1.807) is 12.1 Å². The Morgan fingerprint density at radius 2 is 1.90 bits per heavy atom. The molecule has 7 heteroatoms. The van der Waals surface area contributed by atoms with Gasteiger partial charge >= 0.3 is 0 Å². The normalized spacial score (nSPS) is 12.9. The second-order valence-electron chi connectivity index (χ2n) is 4.74. The highest BCUT2D eigenvalue weighted by molar-refractivity contribution is 7.89. The highest BCUT2D eigenvalue weighted by Gasteiger charge is 2.14. The van der Waals surface area contributed by atoms with Crippen molar-refractivity contribution in [1.82, 2.24) is 4.72 Å². The number of nitrogens with one attached hydrogen (secondary N) is 2. The Bertz CT molecular complexity index is 540. The molecule has 0 aromatic heterocycles. The van der Waals surface area contributed by atoms with E-state index in [1.807, 2.05) is 6.92 Å². The zero-order valence-electron chi connectivity index (χ0n) is 11.7. The highest BCUT2D eigenvalue weighted by atomic mass is 32.2. The summed E-state index contributed by atoms with van der Waals surface area (Å²) in [6.45, 7) is 4.22. The SMILES string of the molecule is CC(=O)Nc1ccc(S(=O)(=O)NCC(C)CCN)cc1. The third kappa shape index (κ3) is 5.28. The van der Waals surface area contributed by atoms with Gasteiger partial charge in [0.15, 0.2) is 0 Å². The molecule has 1 rings (SSSR count). The molecule has 1 unspecified atom stereocenters. The average Bonchev–Trinajstić information content (AvgIpc) is 2.37. The molecule has 112 valence electrons. The molecule has 0 aliphatic rings. The summed E-state index contributed by atoms with van der Waals surface area (Å²) in [7, 11) is -3.52. The summed E-state index contributed by atoms with van der Waals surface area (Å²) in [6, 6.07) is 6.03. The van der Waals surface area contributed by atoms with Crippen LogP contribution in [0.5, 0.6) is 0 Å². The Morgan fingerprint density at radius 1 is 1.30 bits per heavy atom. The molecule has 1 amide bonds. The van der Waals surface area contributed by atoms with Gasteiger partial charge in [0.1, 0.15) is 0 Å². The van der Waals surface area contributed by atoms with Crippen molar-refractivity contribution in [2.45, 2.75) is 25.2 Å². The molecular formula is C13H21N3O3S. The number of hydrogen-bond acceptors (Lipinski definition) is 4. The molecule has 0 fully saturated rings. The van der Waals surface area contributed by atoms with Crippen LogP contribution in [0.2, 0.25) is 0 Å². The van der Waals surface area contributed by atoms with Crippen LogP contribution in [0.1, 0.15) is 20.3 Å². The maximum absolute atomic E-state index is 12.0. The molecule has 0 saturated carbocycles. The summed E-state index contributed by atoms with van der Waals surface area (Å²) >= 11 is 0. The molecule has 1 aromatic carbocycles. The summed E-state index contributed by atoms with van der Waals surface area (Å²) < 4.78 is 26.6. The average molecular weight is 299 g/mol. The van der Waals surface area contributed by atoms with Gasteiger partial charge in [0.05, 0.1) is 4.90 Å². The number of nitrogens with two attached hydrogens (primary N) is 1. The predicted molar refractivity (Wildman–Crippen MR) is 78.8 cm³/mol. The van der Waals surface area contributed by atoms with Gasteiger partial charge in [-0.15, -0.1) is 0 Å². The summed E-state index contributed by atoms with van der Waals surface area (Å²) in [4.78, 5) is 11.1. The zero-order valence-corrected chi connectivity index (χ0v) is 12.5. The first-order valence-corrected chi connectivity index (χ1v) is 7.91. The Balaban J connectivity index is 2.70. The van der Waals surface area contributed by atoms with Crippen molar-refractivity contribution in [3.63, 3.8) is 0 Å². The zero-order chi connectivity index (χ0) is 15.2. The molecule has 6 nitrogen and oxygen atoms in total. The van der Waals surface area contributed by atoms with Crippen LogP contribution in [0.15, 0.2) is 29.2 Å². The topological polar surface area (TPSA) is 101 Å². The van der Waals surface area contributed by atoms with E-state index in [-0.39, 0.29) is 16.7 Å². The van der Waals surface area contributed by atoms with Gasteiger partial charge < -0.3 is 11.1 Å². The first-order valence-electron chi connectivity index (χ1n) is 6.42. The number of amides is 1. The van der Waals surface area contributed by atoms with E-state index >= 15 is 0 Å². The van der Waals surface area contributed by atoms with E-state index < -0.39 is 10.0 Å². The van der Waals surface area contributed by atoms with Crippen LogP contribution in [0, 0.1) is 5.92 Å². The van der Waals surface area contributed by atoms with Crippen LogP contribution >= 0.6 is 0 Å². The maximum atomic E-state index is 12.0. The molecule has 1 aromatic rings. The quantitative estimate of drug-likeness (QED) is 0.696. The van der Waals surface area contributed by atoms with Gasteiger partial charge in [0.25, 0.3) is 0 Å². The lowest BCUT2D eigenvalue weighted by molar-refractivity contribution is -0.114. The minimum atomic E-state index is -3.52. The van der Waals surface area contributed by atoms with Crippen molar-refractivity contribution in [3.05, 3.63) is 24.3 Å². The minimum Gasteiger partial charge on any atom is -0.330 e. The fourth-order valence-corrected chi connectivity index (χ4v) is 2.81. The molecule has 1 atom stereocenters. The van der Waals surface area contributed by atoms with E-state index in [2.05, 4.69) is 10.0 Å². The highest BCUT2D eigenvalue weighted by Crippen LogP contribution is 2.14. The summed E-state index contributed by atoms with van der Waals surface area (Å²) in [5, 5.41) is 2.58. The fraction of sp³-hybridized carbons (Fsp3) is 0.462. The molecular weight excluding hydrogens is 278 g/mol. The van der Waals surface area contributed by atoms with E-state index in [0.717, 1.165) is 6.42 Å². The Morgan fingerprint density at radius 3 is 2.40 bits per heavy atom. The predicted octanol–water partition coefficient (Wildman–Crippen LogP) is 0.908. The summed E-state index contributed by atoms with van der Waals surface area (Å²) in [6.07, 6.45) is 0.768. The Labute approximate surface area is 119 Å². The number of anilines is 1. The van der Waals surface area contributed by atoms with Crippen LogP contribution in [0.4, 0.5) is 5.69 Å². The molecule has 20 heavy (non-hydrogen) atoms. The van der Waals surface area contributed by atoms with E-state index in [0.29, 0.717) is 18.8 Å². The van der Waals surface area contributed by atoms with Crippen molar-refractivity contribution in [3.8, 4) is 0 Å². The van der Waals surface area contributed by atoms with Gasteiger partial charge in [0.2, 0.25) is 15.9 Å². The first kappa shape index (κ1) is 16.6. The Kier molecular flexibility index (Phi) is 6.12. The molecule has 0 bridgehead atoms. The van der Waals surface area contributed by atoms with Crippen LogP contribution in [0.3, 0.4) is 0 Å². The first-order chi connectivity index (χ1) is 9.35. The van der Waals surface area contributed by atoms with E-state index in [9.17, 15) is 13.2 Å². The smallest absolute Gasteiger partial charge is 0.240 e. The number of rotatable bonds is 7. The summed E-state index contributed by atoms with van der Waals surface area (Å²) in [5.41, 5.74) is 5.99. The number of carbonyl (C=O) groups excluding carboxylic acids is 1. The second kappa shape index (κ2) is 7.37. The van der Waals surface area contributed by atoms with Crippen molar-refractivity contribution in [2.75, 3.05) is 18.4 Å². The molecule has 4 N–H and O–H groups in total. The van der Waals surface area contributed by atoms with Gasteiger partial charge in [-0.3, -0.25) is 4.79 Å². The largest absolute Gasteiger partial charge is 0.330 e. The standard InChI is InChI=1S/C13H21N3O3S/c1-10(7-8-14)9-15-20(18,19)13-5-3-12(4-6-13)16-11(2)17/h3-6,10,15H,7-9,14H2,1-2H3,(H,16,17). The van der Waals surface area contributed by atoms with Crippen LogP contribution in [0.25, 0.3) is 0 Å². The van der Waals surface area contributed by atoms with Crippen LogP contribution in [-0.2, 0) is 14.8 Å². The number of benzene rings is 1. The van der Waals surface area contributed by atoms with E-state index in [1.165, 1.54) is 19.1 Å². The molecule has 0 spiro atoms. The van der Waals surface area contributed by atoms with Crippen LogP contribution in [-0.4, -0.2) is 27.4 Å². The monoisotopic (exact) mass is 299 g/mol. The lowest BCUT2D eigenvalue weighted by Crippen LogP contribution is -2.29. The Hall–Kier alpha value is -1.44. The molecule has 0 aliphatic carbocycles. The number of carbonyl (C=O) groups is 1. The molecule has 0 radical (unpaired) electrons.